The van der Waals surface area contributed by atoms with E-state index in [1.165, 1.54) is 5.57 Å². The lowest BCUT2D eigenvalue weighted by Gasteiger charge is -2.08. The van der Waals surface area contributed by atoms with Crippen LogP contribution in [0.2, 0.25) is 0 Å². The highest BCUT2D eigenvalue weighted by molar-refractivity contribution is 5.69. The van der Waals surface area contributed by atoms with Crippen LogP contribution >= 0.6 is 0 Å². The summed E-state index contributed by atoms with van der Waals surface area (Å²) in [6, 6.07) is 0. The fourth-order valence-corrected chi connectivity index (χ4v) is 1.25. The Morgan fingerprint density at radius 3 is 2.67 bits per heavy atom. The van der Waals surface area contributed by atoms with Crippen molar-refractivity contribution in [2.75, 3.05) is 6.61 Å². The van der Waals surface area contributed by atoms with Crippen molar-refractivity contribution in [1.29, 1.82) is 0 Å². The van der Waals surface area contributed by atoms with Crippen molar-refractivity contribution in [3.8, 4) is 0 Å². The van der Waals surface area contributed by atoms with Crippen LogP contribution in [-0.4, -0.2) is 12.6 Å². The highest BCUT2D eigenvalue weighted by Crippen LogP contribution is 2.12. The second kappa shape index (κ2) is 8.27. The highest BCUT2D eigenvalue weighted by atomic mass is 16.5. The van der Waals surface area contributed by atoms with Gasteiger partial charge >= 0.3 is 5.97 Å². The lowest BCUT2D eigenvalue weighted by atomic mass is 10.0. The lowest BCUT2D eigenvalue weighted by molar-refractivity contribution is -0.143. The molecule has 2 heteroatoms. The van der Waals surface area contributed by atoms with Crippen molar-refractivity contribution >= 4 is 5.97 Å². The highest BCUT2D eigenvalue weighted by Gasteiger charge is 2.08. The third-order valence-corrected chi connectivity index (χ3v) is 2.09. The number of allylic oxidation sites excluding steroid dienone is 2. The number of carbonyl (C=O) groups is 1. The van der Waals surface area contributed by atoms with Gasteiger partial charge in [0.05, 0.1) is 0 Å². The van der Waals surface area contributed by atoms with Gasteiger partial charge in [-0.1, -0.05) is 31.2 Å². The smallest absolute Gasteiger partial charge is 0.306 e. The fraction of sp³-hybridized carbons (Fsp3) is 0.615. The Kier molecular flexibility index (Phi) is 7.69. The fourth-order valence-electron chi connectivity index (χ4n) is 1.25. The Morgan fingerprint density at radius 1 is 1.47 bits per heavy atom. The Hall–Kier alpha value is -1.05. The van der Waals surface area contributed by atoms with Gasteiger partial charge in [-0.25, -0.2) is 0 Å². The first-order valence-electron chi connectivity index (χ1n) is 5.46. The maximum atomic E-state index is 11.2. The quantitative estimate of drug-likeness (QED) is 0.475. The molecule has 0 bridgehead atoms. The van der Waals surface area contributed by atoms with Crippen molar-refractivity contribution in [1.82, 2.24) is 0 Å². The van der Waals surface area contributed by atoms with E-state index in [9.17, 15) is 4.79 Å². The molecule has 86 valence electrons. The summed E-state index contributed by atoms with van der Waals surface area (Å²) in [5, 5.41) is 0. The minimum absolute atomic E-state index is 0.125. The van der Waals surface area contributed by atoms with E-state index in [4.69, 9.17) is 4.74 Å². The summed E-state index contributed by atoms with van der Waals surface area (Å²) in [5.74, 6) is 0.262. The van der Waals surface area contributed by atoms with Gasteiger partial charge in [0, 0.05) is 6.42 Å². The van der Waals surface area contributed by atoms with Crippen molar-refractivity contribution in [3.63, 3.8) is 0 Å². The maximum absolute atomic E-state index is 11.2. The molecule has 0 saturated carbocycles. The van der Waals surface area contributed by atoms with Gasteiger partial charge in [0.1, 0.15) is 6.61 Å². The van der Waals surface area contributed by atoms with E-state index in [-0.39, 0.29) is 5.97 Å². The molecule has 0 radical (unpaired) electrons. The van der Waals surface area contributed by atoms with Gasteiger partial charge in [-0.3, -0.25) is 4.79 Å². The summed E-state index contributed by atoms with van der Waals surface area (Å²) in [6.07, 6.45) is 6.37. The third-order valence-electron chi connectivity index (χ3n) is 2.09. The second-order valence-electron chi connectivity index (χ2n) is 4.14. The lowest BCUT2D eigenvalue weighted by Crippen LogP contribution is -2.09. The molecule has 0 amide bonds. The Balaban J connectivity index is 3.63. The van der Waals surface area contributed by atoms with Gasteiger partial charge in [-0.2, -0.15) is 0 Å². The van der Waals surface area contributed by atoms with E-state index >= 15 is 0 Å². The molecule has 0 fully saturated rings. The van der Waals surface area contributed by atoms with Crippen molar-refractivity contribution in [2.24, 2.45) is 5.92 Å². The number of rotatable bonds is 7. The summed E-state index contributed by atoms with van der Waals surface area (Å²) in [7, 11) is 0. The van der Waals surface area contributed by atoms with E-state index in [0.29, 0.717) is 18.9 Å². The van der Waals surface area contributed by atoms with E-state index in [2.05, 4.69) is 33.4 Å². The van der Waals surface area contributed by atoms with Crippen LogP contribution in [0.5, 0.6) is 0 Å². The van der Waals surface area contributed by atoms with Crippen LogP contribution in [0, 0.1) is 5.92 Å². The third kappa shape index (κ3) is 9.26. The van der Waals surface area contributed by atoms with Crippen molar-refractivity contribution in [3.05, 3.63) is 24.3 Å². The average molecular weight is 210 g/mol. The topological polar surface area (TPSA) is 26.3 Å². The molecule has 2 nitrogen and oxygen atoms in total. The molecule has 15 heavy (non-hydrogen) atoms. The van der Waals surface area contributed by atoms with Gasteiger partial charge in [-0.05, 0) is 32.6 Å². The number of hydrogen-bond acceptors (Lipinski definition) is 2. The summed E-state index contributed by atoms with van der Waals surface area (Å²) < 4.78 is 4.92. The number of hydrogen-bond donors (Lipinski definition) is 0. The van der Waals surface area contributed by atoms with E-state index < -0.39 is 0 Å². The average Bonchev–Trinajstić information content (AvgIpc) is 2.14. The molecule has 1 unspecified atom stereocenters. The minimum Gasteiger partial charge on any atom is -0.461 e. The Labute approximate surface area is 93.0 Å². The molecule has 0 saturated heterocycles. The van der Waals surface area contributed by atoms with Crippen molar-refractivity contribution < 1.29 is 9.53 Å². The largest absolute Gasteiger partial charge is 0.461 e. The van der Waals surface area contributed by atoms with Gasteiger partial charge in [0.15, 0.2) is 0 Å². The standard InChI is InChI=1S/C13H22O2/c1-5-9-15-13(14)10-12(4)8-6-7-11(2)3/h5,7,12H,1,6,8-10H2,2-4H3. The predicted octanol–water partition coefficient (Wildman–Crippen LogP) is 3.49. The maximum Gasteiger partial charge on any atom is 0.306 e. The number of ether oxygens (including phenoxy) is 1. The monoisotopic (exact) mass is 210 g/mol. The first-order chi connectivity index (χ1) is 7.06. The minimum atomic E-state index is -0.125. The SMILES string of the molecule is C=CCOC(=O)CC(C)CCC=C(C)C. The molecule has 0 aliphatic heterocycles. The zero-order chi connectivity index (χ0) is 11.7. The number of carbonyl (C=O) groups excluding carboxylic acids is 1. The summed E-state index contributed by atoms with van der Waals surface area (Å²) in [6.45, 7) is 10.1. The zero-order valence-electron chi connectivity index (χ0n) is 10.1. The summed E-state index contributed by atoms with van der Waals surface area (Å²) >= 11 is 0. The second-order valence-corrected chi connectivity index (χ2v) is 4.14. The molecule has 0 aliphatic carbocycles. The van der Waals surface area contributed by atoms with Crippen molar-refractivity contribution in [2.45, 2.75) is 40.0 Å². The molecule has 0 aliphatic rings. The van der Waals surface area contributed by atoms with Gasteiger partial charge in [0.2, 0.25) is 0 Å². The van der Waals surface area contributed by atoms with Crippen LogP contribution in [0.4, 0.5) is 0 Å². The predicted molar refractivity (Wildman–Crippen MR) is 63.6 cm³/mol. The van der Waals surface area contributed by atoms with E-state index in [0.717, 1.165) is 12.8 Å². The van der Waals surface area contributed by atoms with Crippen LogP contribution in [-0.2, 0) is 9.53 Å². The van der Waals surface area contributed by atoms with Crippen LogP contribution in [0.25, 0.3) is 0 Å². The van der Waals surface area contributed by atoms with Crippen LogP contribution in [0.1, 0.15) is 40.0 Å². The molecule has 1 atom stereocenters. The molecule has 0 aromatic rings. The molecule has 0 aromatic heterocycles. The van der Waals surface area contributed by atoms with Gasteiger partial charge in [0.25, 0.3) is 0 Å². The molecular weight excluding hydrogens is 188 g/mol. The van der Waals surface area contributed by atoms with Crippen LogP contribution in [0.3, 0.4) is 0 Å². The first kappa shape index (κ1) is 13.9. The molecule has 0 N–H and O–H groups in total. The number of esters is 1. The zero-order valence-corrected chi connectivity index (χ0v) is 10.1. The van der Waals surface area contributed by atoms with E-state index in [1.54, 1.807) is 6.08 Å². The van der Waals surface area contributed by atoms with Gasteiger partial charge in [-0.15, -0.1) is 0 Å². The molecule has 0 rings (SSSR count). The van der Waals surface area contributed by atoms with Gasteiger partial charge < -0.3 is 4.74 Å². The van der Waals surface area contributed by atoms with Crippen LogP contribution in [0.15, 0.2) is 24.3 Å². The molecule has 0 aromatic carbocycles. The summed E-state index contributed by atoms with van der Waals surface area (Å²) in [4.78, 5) is 11.2. The molecule has 0 spiro atoms. The summed E-state index contributed by atoms with van der Waals surface area (Å²) in [5.41, 5.74) is 1.33. The Morgan fingerprint density at radius 2 is 2.13 bits per heavy atom. The van der Waals surface area contributed by atoms with Crippen LogP contribution < -0.4 is 0 Å². The first-order valence-corrected chi connectivity index (χ1v) is 5.46. The Bertz CT molecular complexity index is 225. The van der Waals surface area contributed by atoms with E-state index in [1.807, 2.05) is 0 Å². The molecule has 0 heterocycles. The normalized spacial score (nSPS) is 11.7. The molecular formula is C13H22O2.